The van der Waals surface area contributed by atoms with E-state index in [2.05, 4.69) is 10.6 Å². The summed E-state index contributed by atoms with van der Waals surface area (Å²) < 4.78 is 37.8. The first-order valence-corrected chi connectivity index (χ1v) is 12.2. The number of nitrogens with zero attached hydrogens (tertiary/aromatic N) is 1. The molecule has 0 aromatic heterocycles. The van der Waals surface area contributed by atoms with Crippen molar-refractivity contribution in [3.8, 4) is 11.5 Å². The number of ether oxygens (including phenoxy) is 2. The van der Waals surface area contributed by atoms with Crippen LogP contribution in [0.2, 0.25) is 0 Å². The van der Waals surface area contributed by atoms with E-state index in [1.165, 1.54) is 29.6 Å². The van der Waals surface area contributed by atoms with Gasteiger partial charge in [-0.25, -0.2) is 8.42 Å². The largest absolute Gasteiger partial charge is 0.495 e. The Labute approximate surface area is 194 Å². The van der Waals surface area contributed by atoms with Crippen molar-refractivity contribution in [3.63, 3.8) is 0 Å². The van der Waals surface area contributed by atoms with Gasteiger partial charge >= 0.3 is 0 Å². The Kier molecular flexibility index (Phi) is 7.93. The molecule has 2 aromatic carbocycles. The van der Waals surface area contributed by atoms with Crippen LogP contribution in [0.4, 0.5) is 11.4 Å². The van der Waals surface area contributed by atoms with Crippen molar-refractivity contribution < 1.29 is 27.5 Å². The van der Waals surface area contributed by atoms with Crippen molar-refractivity contribution >= 4 is 33.2 Å². The highest BCUT2D eigenvalue weighted by molar-refractivity contribution is 7.89. The zero-order valence-electron chi connectivity index (χ0n) is 19.0. The Morgan fingerprint density at radius 1 is 1.06 bits per heavy atom. The third kappa shape index (κ3) is 6.23. The standard InChI is InChI=1S/C23H29N3O6S/c1-4-26(5-2)33(29,30)19-11-12-21(31-3)20(14-19)25-22(27)15-32-18-8-6-7-17(13-18)24-23(28)16-9-10-16/h6-8,11-14,16H,4-5,9-10,15H2,1-3H3,(H,24,28)(H,25,27). The van der Waals surface area contributed by atoms with Crippen molar-refractivity contribution in [2.75, 3.05) is 37.4 Å². The third-order valence-electron chi connectivity index (χ3n) is 5.21. The monoisotopic (exact) mass is 475 g/mol. The number of rotatable bonds is 11. The predicted octanol–water partition coefficient (Wildman–Crippen LogP) is 3.09. The van der Waals surface area contributed by atoms with Crippen molar-refractivity contribution in [1.82, 2.24) is 4.31 Å². The summed E-state index contributed by atoms with van der Waals surface area (Å²) in [6.07, 6.45) is 1.81. The number of amides is 2. The summed E-state index contributed by atoms with van der Waals surface area (Å²) >= 11 is 0. The number of benzene rings is 2. The van der Waals surface area contributed by atoms with Crippen LogP contribution in [0.25, 0.3) is 0 Å². The fourth-order valence-electron chi connectivity index (χ4n) is 3.25. The maximum atomic E-state index is 12.8. The quantitative estimate of drug-likeness (QED) is 0.516. The molecular weight excluding hydrogens is 446 g/mol. The fourth-order valence-corrected chi connectivity index (χ4v) is 4.73. The molecule has 3 rings (SSSR count). The lowest BCUT2D eigenvalue weighted by Gasteiger charge is -2.19. The number of nitrogens with one attached hydrogen (secondary N) is 2. The summed E-state index contributed by atoms with van der Waals surface area (Å²) in [7, 11) is -2.26. The Morgan fingerprint density at radius 3 is 2.42 bits per heavy atom. The molecule has 1 aliphatic carbocycles. The van der Waals surface area contributed by atoms with Crippen LogP contribution in [0.15, 0.2) is 47.4 Å². The Morgan fingerprint density at radius 2 is 1.79 bits per heavy atom. The summed E-state index contributed by atoms with van der Waals surface area (Å²) in [5.41, 5.74) is 0.825. The molecule has 1 saturated carbocycles. The molecule has 178 valence electrons. The zero-order chi connectivity index (χ0) is 24.0. The molecule has 2 N–H and O–H groups in total. The highest BCUT2D eigenvalue weighted by atomic mass is 32.2. The molecule has 33 heavy (non-hydrogen) atoms. The molecule has 9 nitrogen and oxygen atoms in total. The SMILES string of the molecule is CCN(CC)S(=O)(=O)c1ccc(OC)c(NC(=O)COc2cccc(NC(=O)C3CC3)c2)c1. The van der Waals surface area contributed by atoms with Gasteiger partial charge in [0, 0.05) is 30.8 Å². The van der Waals surface area contributed by atoms with Crippen LogP contribution in [0, 0.1) is 5.92 Å². The van der Waals surface area contributed by atoms with Gasteiger partial charge in [0.05, 0.1) is 17.7 Å². The number of carbonyl (C=O) groups excluding carboxylic acids is 2. The van der Waals surface area contributed by atoms with Crippen molar-refractivity contribution in [1.29, 1.82) is 0 Å². The van der Waals surface area contributed by atoms with Crippen LogP contribution in [0.5, 0.6) is 11.5 Å². The average molecular weight is 476 g/mol. The molecule has 0 aliphatic heterocycles. The van der Waals surface area contributed by atoms with Gasteiger partial charge in [0.1, 0.15) is 11.5 Å². The molecule has 0 saturated heterocycles. The molecule has 0 bridgehead atoms. The number of anilines is 2. The van der Waals surface area contributed by atoms with Gasteiger partial charge in [0.2, 0.25) is 15.9 Å². The molecule has 0 atom stereocenters. The first kappa shape index (κ1) is 24.5. The molecule has 1 aliphatic rings. The van der Waals surface area contributed by atoms with E-state index >= 15 is 0 Å². The van der Waals surface area contributed by atoms with Gasteiger partial charge in [0.15, 0.2) is 6.61 Å². The normalized spacial score (nSPS) is 13.5. The summed E-state index contributed by atoms with van der Waals surface area (Å²) in [4.78, 5) is 24.5. The number of sulfonamides is 1. The van der Waals surface area contributed by atoms with Crippen LogP contribution in [-0.2, 0) is 19.6 Å². The van der Waals surface area contributed by atoms with Gasteiger partial charge in [-0.2, -0.15) is 4.31 Å². The lowest BCUT2D eigenvalue weighted by molar-refractivity contribution is -0.118. The molecular formula is C23H29N3O6S. The lowest BCUT2D eigenvalue weighted by Crippen LogP contribution is -2.30. The second-order valence-corrected chi connectivity index (χ2v) is 9.52. The van der Waals surface area contributed by atoms with Crippen molar-refractivity contribution in [3.05, 3.63) is 42.5 Å². The maximum absolute atomic E-state index is 12.8. The zero-order valence-corrected chi connectivity index (χ0v) is 19.8. The Balaban J connectivity index is 1.67. The van der Waals surface area contributed by atoms with Crippen LogP contribution in [0.3, 0.4) is 0 Å². The summed E-state index contributed by atoms with van der Waals surface area (Å²) in [5, 5.41) is 5.48. The topological polar surface area (TPSA) is 114 Å². The second kappa shape index (κ2) is 10.7. The highest BCUT2D eigenvalue weighted by Gasteiger charge is 2.29. The van der Waals surface area contributed by atoms with E-state index in [1.807, 2.05) is 0 Å². The van der Waals surface area contributed by atoms with E-state index in [9.17, 15) is 18.0 Å². The van der Waals surface area contributed by atoms with E-state index in [1.54, 1.807) is 38.1 Å². The summed E-state index contributed by atoms with van der Waals surface area (Å²) in [6.45, 7) is 3.88. The van der Waals surface area contributed by atoms with E-state index in [4.69, 9.17) is 9.47 Å². The van der Waals surface area contributed by atoms with Gasteiger partial charge in [0.25, 0.3) is 5.91 Å². The number of methoxy groups -OCH3 is 1. The van der Waals surface area contributed by atoms with E-state index < -0.39 is 15.9 Å². The van der Waals surface area contributed by atoms with Gasteiger partial charge in [-0.05, 0) is 43.2 Å². The second-order valence-electron chi connectivity index (χ2n) is 7.58. The first-order chi connectivity index (χ1) is 15.8. The van der Waals surface area contributed by atoms with Gasteiger partial charge in [-0.15, -0.1) is 0 Å². The van der Waals surface area contributed by atoms with E-state index in [0.29, 0.717) is 30.3 Å². The molecule has 0 radical (unpaired) electrons. The number of hydrogen-bond donors (Lipinski definition) is 2. The predicted molar refractivity (Wildman–Crippen MR) is 125 cm³/mol. The van der Waals surface area contributed by atoms with E-state index in [0.717, 1.165) is 12.8 Å². The number of hydrogen-bond acceptors (Lipinski definition) is 6. The van der Waals surface area contributed by atoms with E-state index in [-0.39, 0.29) is 29.0 Å². The van der Waals surface area contributed by atoms with Crippen LogP contribution in [0.1, 0.15) is 26.7 Å². The minimum absolute atomic E-state index is 0.0171. The minimum Gasteiger partial charge on any atom is -0.495 e. The van der Waals surface area contributed by atoms with Crippen molar-refractivity contribution in [2.24, 2.45) is 5.92 Å². The van der Waals surface area contributed by atoms with Gasteiger partial charge < -0.3 is 20.1 Å². The van der Waals surface area contributed by atoms with Crippen LogP contribution in [-0.4, -0.2) is 51.3 Å². The summed E-state index contributed by atoms with van der Waals surface area (Å²) in [6, 6.07) is 11.1. The van der Waals surface area contributed by atoms with Gasteiger partial charge in [-0.3, -0.25) is 9.59 Å². The average Bonchev–Trinajstić information content (AvgIpc) is 3.64. The fraction of sp³-hybridized carbons (Fsp3) is 0.391. The first-order valence-electron chi connectivity index (χ1n) is 10.8. The molecule has 1 fully saturated rings. The maximum Gasteiger partial charge on any atom is 0.262 e. The Hall–Kier alpha value is -3.11. The highest BCUT2D eigenvalue weighted by Crippen LogP contribution is 2.31. The molecule has 10 heteroatoms. The van der Waals surface area contributed by atoms with Crippen LogP contribution >= 0.6 is 0 Å². The molecule has 0 heterocycles. The molecule has 0 spiro atoms. The number of carbonyl (C=O) groups is 2. The Bertz CT molecular complexity index is 1110. The smallest absolute Gasteiger partial charge is 0.262 e. The molecule has 0 unspecified atom stereocenters. The molecule has 2 aromatic rings. The van der Waals surface area contributed by atoms with Crippen molar-refractivity contribution in [2.45, 2.75) is 31.6 Å². The molecule has 2 amide bonds. The van der Waals surface area contributed by atoms with Gasteiger partial charge in [-0.1, -0.05) is 19.9 Å². The third-order valence-corrected chi connectivity index (χ3v) is 7.25. The summed E-state index contributed by atoms with van der Waals surface area (Å²) in [5.74, 6) is 0.321. The lowest BCUT2D eigenvalue weighted by atomic mass is 10.3. The minimum atomic E-state index is -3.70. The van der Waals surface area contributed by atoms with Crippen LogP contribution < -0.4 is 20.1 Å².